The van der Waals surface area contributed by atoms with Crippen LogP contribution < -0.4 is 10.2 Å². The van der Waals surface area contributed by atoms with Crippen molar-refractivity contribution in [1.82, 2.24) is 10.3 Å². The summed E-state index contributed by atoms with van der Waals surface area (Å²) in [4.78, 5) is 6.92. The van der Waals surface area contributed by atoms with E-state index in [1.54, 1.807) is 23.5 Å². The van der Waals surface area contributed by atoms with E-state index in [2.05, 4.69) is 60.0 Å². The summed E-state index contributed by atoms with van der Waals surface area (Å²) in [5, 5.41) is 6.81. The summed E-state index contributed by atoms with van der Waals surface area (Å²) in [5.74, 6) is 0. The fraction of sp³-hybridized carbons (Fsp3) is 0.348. The number of nitrogens with one attached hydrogen (secondary N) is 1. The Balaban J connectivity index is 0.000000210. The predicted octanol–water partition coefficient (Wildman–Crippen LogP) is 4.12. The van der Waals surface area contributed by atoms with Gasteiger partial charge in [-0.3, -0.25) is 4.55 Å². The molecule has 0 atom stereocenters. The molecule has 2 N–H and O–H groups in total. The first-order valence-electron chi connectivity index (χ1n) is 10.2. The molecule has 1 saturated heterocycles. The Morgan fingerprint density at radius 2 is 1.65 bits per heavy atom. The molecule has 2 heterocycles. The number of aromatic nitrogens is 1. The summed E-state index contributed by atoms with van der Waals surface area (Å²) < 4.78 is 29.6. The van der Waals surface area contributed by atoms with Crippen LogP contribution in [0.15, 0.2) is 64.9 Å². The molecule has 1 aliphatic rings. The van der Waals surface area contributed by atoms with Gasteiger partial charge >= 0.3 is 0 Å². The minimum Gasteiger partial charge on any atom is -0.354 e. The highest BCUT2D eigenvalue weighted by Crippen LogP contribution is 2.41. The smallest absolute Gasteiger partial charge is 0.294 e. The number of benzene rings is 2. The van der Waals surface area contributed by atoms with Gasteiger partial charge < -0.3 is 10.2 Å². The van der Waals surface area contributed by atoms with Crippen molar-refractivity contribution in [1.29, 1.82) is 0 Å². The molecular weight excluding hydrogens is 430 g/mol. The molecule has 1 aromatic heterocycles. The van der Waals surface area contributed by atoms with E-state index < -0.39 is 10.1 Å². The van der Waals surface area contributed by atoms with E-state index in [0.29, 0.717) is 0 Å². The van der Waals surface area contributed by atoms with Gasteiger partial charge in [-0.2, -0.15) is 8.42 Å². The minimum absolute atomic E-state index is 0.0666. The number of hydrogen-bond donors (Lipinski definition) is 2. The Bertz CT molecular complexity index is 1070. The number of rotatable bonds is 4. The fourth-order valence-electron chi connectivity index (χ4n) is 3.70. The zero-order valence-corrected chi connectivity index (χ0v) is 19.7. The van der Waals surface area contributed by atoms with Crippen molar-refractivity contribution in [3.63, 3.8) is 0 Å². The number of nitrogens with zero attached hydrogens (tertiary/aromatic N) is 2. The lowest BCUT2D eigenvalue weighted by atomic mass is 9.71. The molecule has 1 aliphatic heterocycles. The van der Waals surface area contributed by atoms with Gasteiger partial charge in [0.2, 0.25) is 0 Å². The molecule has 0 saturated carbocycles. The summed E-state index contributed by atoms with van der Waals surface area (Å²) >= 11 is 1.74. The average molecular weight is 460 g/mol. The molecule has 6 nitrogen and oxygen atoms in total. The van der Waals surface area contributed by atoms with Gasteiger partial charge in [0.15, 0.2) is 5.13 Å². The molecule has 0 aliphatic carbocycles. The number of aryl methyl sites for hydroxylation is 1. The van der Waals surface area contributed by atoms with Crippen LogP contribution in [0.2, 0.25) is 0 Å². The number of piperidine rings is 1. The lowest BCUT2D eigenvalue weighted by Gasteiger charge is -2.37. The molecule has 0 amide bonds. The SMILES string of the molecule is CN(C)c1nc(C2(c3ccccc3)CCNCC2)cs1.Cc1ccc(S(=O)(=O)O)cc1. The molecular formula is C23H29N3O3S2. The summed E-state index contributed by atoms with van der Waals surface area (Å²) in [6.45, 7) is 3.96. The zero-order valence-electron chi connectivity index (χ0n) is 18.1. The van der Waals surface area contributed by atoms with Crippen molar-refractivity contribution in [3.05, 3.63) is 76.8 Å². The largest absolute Gasteiger partial charge is 0.354 e. The first-order valence-corrected chi connectivity index (χ1v) is 12.5. The summed E-state index contributed by atoms with van der Waals surface area (Å²) in [5.41, 5.74) is 3.67. The van der Waals surface area contributed by atoms with Crippen molar-refractivity contribution < 1.29 is 13.0 Å². The van der Waals surface area contributed by atoms with E-state index in [0.717, 1.165) is 36.6 Å². The monoisotopic (exact) mass is 459 g/mol. The second-order valence-electron chi connectivity index (χ2n) is 7.90. The maximum absolute atomic E-state index is 10.5. The van der Waals surface area contributed by atoms with Gasteiger partial charge in [0.25, 0.3) is 10.1 Å². The van der Waals surface area contributed by atoms with Crippen molar-refractivity contribution in [2.75, 3.05) is 32.1 Å². The normalized spacial score (nSPS) is 15.6. The molecule has 8 heteroatoms. The van der Waals surface area contributed by atoms with Crippen LogP contribution in [0.25, 0.3) is 0 Å². The fourth-order valence-corrected chi connectivity index (χ4v) is 5.04. The molecule has 3 aromatic rings. The molecule has 31 heavy (non-hydrogen) atoms. The van der Waals surface area contributed by atoms with Crippen LogP contribution in [0, 0.1) is 6.92 Å². The highest BCUT2D eigenvalue weighted by molar-refractivity contribution is 7.85. The molecule has 4 rings (SSSR count). The van der Waals surface area contributed by atoms with E-state index in [1.807, 2.05) is 6.92 Å². The lowest BCUT2D eigenvalue weighted by Crippen LogP contribution is -2.41. The third kappa shape index (κ3) is 5.71. The third-order valence-corrected chi connectivity index (χ3v) is 7.34. The first-order chi connectivity index (χ1) is 14.7. The second-order valence-corrected chi connectivity index (χ2v) is 10.2. The number of anilines is 1. The number of hydrogen-bond acceptors (Lipinski definition) is 6. The van der Waals surface area contributed by atoms with Crippen LogP contribution in [0.1, 0.15) is 29.7 Å². The van der Waals surface area contributed by atoms with Gasteiger partial charge in [0.1, 0.15) is 0 Å². The van der Waals surface area contributed by atoms with Gasteiger partial charge in [-0.15, -0.1) is 11.3 Å². The van der Waals surface area contributed by atoms with Crippen molar-refractivity contribution in [3.8, 4) is 0 Å². The van der Waals surface area contributed by atoms with Gasteiger partial charge in [0.05, 0.1) is 10.6 Å². The second kappa shape index (κ2) is 9.91. The van der Waals surface area contributed by atoms with Crippen LogP contribution >= 0.6 is 11.3 Å². The molecule has 0 unspecified atom stereocenters. The van der Waals surface area contributed by atoms with E-state index in [-0.39, 0.29) is 10.3 Å². The van der Waals surface area contributed by atoms with Crippen LogP contribution in [0.3, 0.4) is 0 Å². The topological polar surface area (TPSA) is 82.5 Å². The van der Waals surface area contributed by atoms with E-state index in [9.17, 15) is 8.42 Å². The van der Waals surface area contributed by atoms with E-state index >= 15 is 0 Å². The average Bonchev–Trinajstić information content (AvgIpc) is 3.26. The molecule has 0 spiro atoms. The highest BCUT2D eigenvalue weighted by atomic mass is 32.2. The lowest BCUT2D eigenvalue weighted by molar-refractivity contribution is 0.356. The Morgan fingerprint density at radius 1 is 1.03 bits per heavy atom. The zero-order chi connectivity index (χ0) is 22.5. The standard InChI is InChI=1S/C16H21N3S.C7H8O3S/c1-19(2)15-18-14(12-20-15)16(8-10-17-11-9-16)13-6-4-3-5-7-13;1-6-2-4-7(5-3-6)11(8,9)10/h3-7,12,17H,8-11H2,1-2H3;2-5H,1H3,(H,8,9,10). The van der Waals surface area contributed by atoms with Crippen LogP contribution in [0.5, 0.6) is 0 Å². The quantitative estimate of drug-likeness (QED) is 0.571. The molecule has 166 valence electrons. The van der Waals surface area contributed by atoms with Gasteiger partial charge in [-0.25, -0.2) is 4.98 Å². The maximum atomic E-state index is 10.5. The molecule has 0 radical (unpaired) electrons. The van der Waals surface area contributed by atoms with Crippen molar-refractivity contribution in [2.24, 2.45) is 0 Å². The molecule has 1 fully saturated rings. The van der Waals surface area contributed by atoms with E-state index in [4.69, 9.17) is 9.54 Å². The highest BCUT2D eigenvalue weighted by Gasteiger charge is 2.37. The van der Waals surface area contributed by atoms with Crippen molar-refractivity contribution >= 4 is 26.6 Å². The minimum atomic E-state index is -4.02. The van der Waals surface area contributed by atoms with Crippen LogP contribution in [-0.4, -0.2) is 45.1 Å². The van der Waals surface area contributed by atoms with Gasteiger partial charge in [0, 0.05) is 24.9 Å². The van der Waals surface area contributed by atoms with Gasteiger partial charge in [-0.05, 0) is 50.6 Å². The molecule has 0 bridgehead atoms. The van der Waals surface area contributed by atoms with Crippen LogP contribution in [0.4, 0.5) is 5.13 Å². The number of thiazole rings is 1. The maximum Gasteiger partial charge on any atom is 0.294 e. The Labute approximate surface area is 188 Å². The summed E-state index contributed by atoms with van der Waals surface area (Å²) in [7, 11) is 0.0920. The summed E-state index contributed by atoms with van der Waals surface area (Å²) in [6.07, 6.45) is 2.24. The Morgan fingerprint density at radius 3 is 2.16 bits per heavy atom. The molecule has 2 aromatic carbocycles. The summed E-state index contributed by atoms with van der Waals surface area (Å²) in [6, 6.07) is 16.8. The van der Waals surface area contributed by atoms with Crippen molar-refractivity contribution in [2.45, 2.75) is 30.1 Å². The van der Waals surface area contributed by atoms with Gasteiger partial charge in [-0.1, -0.05) is 48.0 Å². The van der Waals surface area contributed by atoms with E-state index in [1.165, 1.54) is 23.4 Å². The Kier molecular flexibility index (Phi) is 7.48. The first kappa shape index (κ1) is 23.4. The Hall–Kier alpha value is -2.26. The predicted molar refractivity (Wildman–Crippen MR) is 127 cm³/mol. The third-order valence-electron chi connectivity index (χ3n) is 5.47. The van der Waals surface area contributed by atoms with Crippen LogP contribution in [-0.2, 0) is 15.5 Å².